The third kappa shape index (κ3) is 6.88. The molecular weight excluding hydrogens is 332 g/mol. The van der Waals surface area contributed by atoms with E-state index in [4.69, 9.17) is 14.2 Å². The predicted octanol–water partition coefficient (Wildman–Crippen LogP) is 2.10. The molecule has 1 aromatic carbocycles. The highest BCUT2D eigenvalue weighted by molar-refractivity contribution is 5.79. The Labute approximate surface area is 154 Å². The summed E-state index contributed by atoms with van der Waals surface area (Å²) in [6.07, 6.45) is 3.36. The molecule has 2 aromatic rings. The average molecular weight is 358 g/mol. The largest absolute Gasteiger partial charge is 0.497 e. The number of nitrogens with one attached hydrogen (secondary N) is 2. The number of pyridine rings is 1. The van der Waals surface area contributed by atoms with E-state index in [-0.39, 0.29) is 6.10 Å². The third-order valence-electron chi connectivity index (χ3n) is 3.46. The van der Waals surface area contributed by atoms with E-state index in [0.717, 1.165) is 17.2 Å². The van der Waals surface area contributed by atoms with Crippen molar-refractivity contribution in [2.24, 2.45) is 4.99 Å². The number of ether oxygens (including phenoxy) is 3. The molecule has 2 N–H and O–H groups in total. The maximum atomic E-state index is 5.88. The van der Waals surface area contributed by atoms with Gasteiger partial charge in [-0.05, 0) is 31.2 Å². The fraction of sp³-hybridized carbons (Fsp3) is 0.368. The number of aliphatic imine (C=N–C) groups is 1. The van der Waals surface area contributed by atoms with Gasteiger partial charge < -0.3 is 24.8 Å². The first kappa shape index (κ1) is 19.4. The number of methoxy groups -OCH3 is 1. The van der Waals surface area contributed by atoms with Crippen molar-refractivity contribution in [2.45, 2.75) is 13.0 Å². The van der Waals surface area contributed by atoms with Crippen LogP contribution in [0.15, 0.2) is 53.8 Å². The highest BCUT2D eigenvalue weighted by Crippen LogP contribution is 2.19. The highest BCUT2D eigenvalue weighted by Gasteiger charge is 2.06. The minimum absolute atomic E-state index is 0.0349. The lowest BCUT2D eigenvalue weighted by atomic mass is 10.3. The summed E-state index contributed by atoms with van der Waals surface area (Å²) in [6.45, 7) is 3.74. The van der Waals surface area contributed by atoms with E-state index in [9.17, 15) is 0 Å². The normalized spacial score (nSPS) is 12.2. The molecule has 0 bridgehead atoms. The number of benzene rings is 1. The molecule has 0 radical (unpaired) electrons. The maximum absolute atomic E-state index is 5.88. The Bertz CT molecular complexity index is 679. The fourth-order valence-electron chi connectivity index (χ4n) is 2.18. The standard InChI is InChI=1S/C19H26N4O3/c1-15(26-17-7-4-6-16(12-17)24-3)13-23-19(20-2)22-10-11-25-18-8-5-9-21-14-18/h4-9,12,14-15H,10-11,13H2,1-3H3,(H2,20,22,23). The van der Waals surface area contributed by atoms with Crippen LogP contribution in [0.5, 0.6) is 17.2 Å². The van der Waals surface area contributed by atoms with Crippen LogP contribution in [0.3, 0.4) is 0 Å². The van der Waals surface area contributed by atoms with Crippen LogP contribution < -0.4 is 24.8 Å². The summed E-state index contributed by atoms with van der Waals surface area (Å²) in [5.41, 5.74) is 0. The molecule has 2 rings (SSSR count). The summed E-state index contributed by atoms with van der Waals surface area (Å²) < 4.78 is 16.7. The SMILES string of the molecule is CN=C(NCCOc1cccnc1)NCC(C)Oc1cccc(OC)c1. The van der Waals surface area contributed by atoms with Crippen LogP contribution in [0.2, 0.25) is 0 Å². The van der Waals surface area contributed by atoms with Crippen LogP contribution in [0.1, 0.15) is 6.92 Å². The Kier molecular flexibility index (Phi) is 8.05. The van der Waals surface area contributed by atoms with Crippen LogP contribution >= 0.6 is 0 Å². The first-order chi connectivity index (χ1) is 12.7. The second kappa shape index (κ2) is 10.8. The van der Waals surface area contributed by atoms with Crippen LogP contribution in [-0.2, 0) is 0 Å². The number of hydrogen-bond donors (Lipinski definition) is 2. The Morgan fingerprint density at radius 1 is 1.15 bits per heavy atom. The minimum Gasteiger partial charge on any atom is -0.497 e. The van der Waals surface area contributed by atoms with Crippen molar-refractivity contribution in [2.75, 3.05) is 33.9 Å². The molecular formula is C19H26N4O3. The van der Waals surface area contributed by atoms with E-state index in [0.29, 0.717) is 25.7 Å². The van der Waals surface area contributed by atoms with Gasteiger partial charge in [0.05, 0.1) is 26.4 Å². The van der Waals surface area contributed by atoms with Gasteiger partial charge in [-0.3, -0.25) is 9.98 Å². The van der Waals surface area contributed by atoms with Gasteiger partial charge in [-0.1, -0.05) is 6.07 Å². The predicted molar refractivity (Wildman–Crippen MR) is 102 cm³/mol. The number of aromatic nitrogens is 1. The monoisotopic (exact) mass is 358 g/mol. The Balaban J connectivity index is 1.67. The molecule has 1 aromatic heterocycles. The number of rotatable bonds is 9. The quantitative estimate of drug-likeness (QED) is 0.406. The van der Waals surface area contributed by atoms with Crippen LogP contribution in [0.4, 0.5) is 0 Å². The lowest BCUT2D eigenvalue weighted by Gasteiger charge is -2.18. The second-order valence-electron chi connectivity index (χ2n) is 5.52. The van der Waals surface area contributed by atoms with Crippen LogP contribution in [0.25, 0.3) is 0 Å². The van der Waals surface area contributed by atoms with Gasteiger partial charge in [0, 0.05) is 19.3 Å². The summed E-state index contributed by atoms with van der Waals surface area (Å²) in [5.74, 6) is 2.98. The van der Waals surface area contributed by atoms with Crippen molar-refractivity contribution in [3.05, 3.63) is 48.8 Å². The molecule has 0 saturated carbocycles. The number of guanidine groups is 1. The van der Waals surface area contributed by atoms with Gasteiger partial charge in [-0.25, -0.2) is 0 Å². The molecule has 140 valence electrons. The maximum Gasteiger partial charge on any atom is 0.191 e. The van der Waals surface area contributed by atoms with E-state index in [2.05, 4.69) is 20.6 Å². The summed E-state index contributed by atoms with van der Waals surface area (Å²) in [6, 6.07) is 11.3. The van der Waals surface area contributed by atoms with Crippen molar-refractivity contribution in [1.82, 2.24) is 15.6 Å². The molecule has 26 heavy (non-hydrogen) atoms. The van der Waals surface area contributed by atoms with Crippen molar-refractivity contribution in [3.63, 3.8) is 0 Å². The molecule has 0 saturated heterocycles. The van der Waals surface area contributed by atoms with Gasteiger partial charge >= 0.3 is 0 Å². The molecule has 0 aliphatic heterocycles. The lowest BCUT2D eigenvalue weighted by Crippen LogP contribution is -2.43. The molecule has 0 aliphatic rings. The second-order valence-corrected chi connectivity index (χ2v) is 5.52. The van der Waals surface area contributed by atoms with Crippen molar-refractivity contribution >= 4 is 5.96 Å². The van der Waals surface area contributed by atoms with E-state index >= 15 is 0 Å². The molecule has 0 amide bonds. The van der Waals surface area contributed by atoms with E-state index in [1.807, 2.05) is 43.3 Å². The van der Waals surface area contributed by atoms with Crippen molar-refractivity contribution < 1.29 is 14.2 Å². The zero-order valence-corrected chi connectivity index (χ0v) is 15.4. The van der Waals surface area contributed by atoms with Gasteiger partial charge in [0.2, 0.25) is 0 Å². The number of nitrogens with zero attached hydrogens (tertiary/aromatic N) is 2. The first-order valence-corrected chi connectivity index (χ1v) is 8.49. The third-order valence-corrected chi connectivity index (χ3v) is 3.46. The fourth-order valence-corrected chi connectivity index (χ4v) is 2.18. The zero-order chi connectivity index (χ0) is 18.6. The molecule has 0 fully saturated rings. The Morgan fingerprint density at radius 2 is 1.96 bits per heavy atom. The Hall–Kier alpha value is -2.96. The van der Waals surface area contributed by atoms with Crippen molar-refractivity contribution in [3.8, 4) is 17.2 Å². The smallest absolute Gasteiger partial charge is 0.191 e. The summed E-state index contributed by atoms with van der Waals surface area (Å²) in [5, 5.41) is 6.43. The van der Waals surface area contributed by atoms with Crippen LogP contribution in [-0.4, -0.2) is 50.9 Å². The highest BCUT2D eigenvalue weighted by atomic mass is 16.5. The summed E-state index contributed by atoms with van der Waals surface area (Å²) in [7, 11) is 3.36. The zero-order valence-electron chi connectivity index (χ0n) is 15.4. The Morgan fingerprint density at radius 3 is 2.69 bits per heavy atom. The van der Waals surface area contributed by atoms with Gasteiger partial charge in [-0.2, -0.15) is 0 Å². The van der Waals surface area contributed by atoms with E-state index < -0.39 is 0 Å². The number of hydrogen-bond acceptors (Lipinski definition) is 5. The average Bonchev–Trinajstić information content (AvgIpc) is 2.68. The lowest BCUT2D eigenvalue weighted by molar-refractivity contribution is 0.223. The molecule has 0 spiro atoms. The first-order valence-electron chi connectivity index (χ1n) is 8.49. The topological polar surface area (TPSA) is 77.0 Å². The molecule has 1 heterocycles. The molecule has 7 nitrogen and oxygen atoms in total. The van der Waals surface area contributed by atoms with Gasteiger partial charge in [0.1, 0.15) is 30.0 Å². The minimum atomic E-state index is -0.0349. The van der Waals surface area contributed by atoms with E-state index in [1.165, 1.54) is 0 Å². The van der Waals surface area contributed by atoms with Crippen LogP contribution in [0, 0.1) is 0 Å². The van der Waals surface area contributed by atoms with Gasteiger partial charge in [-0.15, -0.1) is 0 Å². The molecule has 1 atom stereocenters. The molecule has 0 aliphatic carbocycles. The van der Waals surface area contributed by atoms with Crippen molar-refractivity contribution in [1.29, 1.82) is 0 Å². The van der Waals surface area contributed by atoms with Gasteiger partial charge in [0.15, 0.2) is 5.96 Å². The van der Waals surface area contributed by atoms with Gasteiger partial charge in [0.25, 0.3) is 0 Å². The molecule has 1 unspecified atom stereocenters. The summed E-state index contributed by atoms with van der Waals surface area (Å²) in [4.78, 5) is 8.20. The molecule has 7 heteroatoms. The van der Waals surface area contributed by atoms with E-state index in [1.54, 1.807) is 26.6 Å². The summed E-state index contributed by atoms with van der Waals surface area (Å²) >= 11 is 0.